The van der Waals surface area contributed by atoms with Crippen LogP contribution in [0.1, 0.15) is 5.56 Å². The number of aromatic nitrogens is 3. The molecule has 0 aliphatic rings. The van der Waals surface area contributed by atoms with E-state index in [1.54, 1.807) is 25.4 Å². The van der Waals surface area contributed by atoms with E-state index >= 15 is 0 Å². The first-order valence-corrected chi connectivity index (χ1v) is 6.80. The first kappa shape index (κ1) is 13.5. The number of nitrogens with one attached hydrogen (secondary N) is 1. The lowest BCUT2D eigenvalue weighted by Crippen LogP contribution is -2.22. The Bertz CT molecular complexity index is 914. The Balaban J connectivity index is 2.12. The summed E-state index contributed by atoms with van der Waals surface area (Å²) in [5, 5.41) is 0.618. The van der Waals surface area contributed by atoms with Crippen LogP contribution in [-0.4, -0.2) is 21.6 Å². The number of para-hydroxylation sites is 1. The van der Waals surface area contributed by atoms with Crippen molar-refractivity contribution >= 4 is 23.1 Å². The van der Waals surface area contributed by atoms with Gasteiger partial charge < -0.3 is 9.72 Å². The predicted octanol–water partition coefficient (Wildman–Crippen LogP) is 2.51. The van der Waals surface area contributed by atoms with E-state index in [0.717, 1.165) is 11.1 Å². The van der Waals surface area contributed by atoms with Gasteiger partial charge in [0.1, 0.15) is 0 Å². The van der Waals surface area contributed by atoms with Gasteiger partial charge in [-0.3, -0.25) is 9.36 Å². The van der Waals surface area contributed by atoms with E-state index in [-0.39, 0.29) is 5.56 Å². The third kappa shape index (κ3) is 2.57. The molecule has 0 bridgehead atoms. The maximum absolute atomic E-state index is 12.5. The summed E-state index contributed by atoms with van der Waals surface area (Å²) in [5.41, 5.74) is 1.54. The largest absolute Gasteiger partial charge is 0.481 e. The van der Waals surface area contributed by atoms with Crippen molar-refractivity contribution in [2.45, 2.75) is 6.54 Å². The molecule has 2 heterocycles. The molecular formula is C15H13N3O2S. The minimum atomic E-state index is -0.106. The number of aromatic amines is 1. The van der Waals surface area contributed by atoms with Gasteiger partial charge in [-0.25, -0.2) is 4.98 Å². The topological polar surface area (TPSA) is 59.9 Å². The average molecular weight is 299 g/mol. The zero-order valence-electron chi connectivity index (χ0n) is 11.4. The van der Waals surface area contributed by atoms with E-state index in [2.05, 4.69) is 9.97 Å². The summed E-state index contributed by atoms with van der Waals surface area (Å²) in [5.74, 6) is 0.510. The van der Waals surface area contributed by atoms with Crippen LogP contribution in [0.15, 0.2) is 47.4 Å². The van der Waals surface area contributed by atoms with Crippen LogP contribution >= 0.6 is 12.2 Å². The number of hydrogen-bond acceptors (Lipinski definition) is 4. The second-order valence-electron chi connectivity index (χ2n) is 4.57. The Kier molecular flexibility index (Phi) is 3.53. The molecule has 5 nitrogen and oxygen atoms in total. The summed E-state index contributed by atoms with van der Waals surface area (Å²) < 4.78 is 7.02. The molecule has 3 aromatic rings. The molecule has 0 unspecified atom stereocenters. The molecule has 0 fully saturated rings. The van der Waals surface area contributed by atoms with Gasteiger partial charge >= 0.3 is 0 Å². The molecule has 6 heteroatoms. The predicted molar refractivity (Wildman–Crippen MR) is 83.3 cm³/mol. The van der Waals surface area contributed by atoms with Crippen LogP contribution in [0.2, 0.25) is 0 Å². The lowest BCUT2D eigenvalue weighted by molar-refractivity contribution is 0.397. The van der Waals surface area contributed by atoms with E-state index in [0.29, 0.717) is 22.6 Å². The Morgan fingerprint density at radius 3 is 2.95 bits per heavy atom. The molecule has 0 amide bonds. The van der Waals surface area contributed by atoms with Crippen LogP contribution < -0.4 is 10.3 Å². The van der Waals surface area contributed by atoms with Crippen LogP contribution in [0, 0.1) is 4.77 Å². The first-order chi connectivity index (χ1) is 10.2. The van der Waals surface area contributed by atoms with Gasteiger partial charge in [-0.1, -0.05) is 12.1 Å². The van der Waals surface area contributed by atoms with E-state index in [1.165, 1.54) is 4.57 Å². The van der Waals surface area contributed by atoms with Gasteiger partial charge in [-0.15, -0.1) is 0 Å². The van der Waals surface area contributed by atoms with Gasteiger partial charge in [0, 0.05) is 12.3 Å². The molecule has 0 aliphatic heterocycles. The van der Waals surface area contributed by atoms with Crippen molar-refractivity contribution in [2.24, 2.45) is 0 Å². The average Bonchev–Trinajstić information content (AvgIpc) is 2.51. The summed E-state index contributed by atoms with van der Waals surface area (Å²) in [7, 11) is 1.56. The minimum absolute atomic E-state index is 0.106. The fourth-order valence-corrected chi connectivity index (χ4v) is 2.44. The van der Waals surface area contributed by atoms with E-state index in [9.17, 15) is 4.79 Å². The molecule has 0 radical (unpaired) electrons. The molecule has 1 aromatic carbocycles. The second-order valence-corrected chi connectivity index (χ2v) is 4.96. The fraction of sp³-hybridized carbons (Fsp3) is 0.133. The molecule has 0 saturated heterocycles. The SMILES string of the molecule is COc1cc(Cn2c(=S)[nH]c3ccccc3c2=O)ccn1. The summed E-state index contributed by atoms with van der Waals surface area (Å²) in [6.07, 6.45) is 1.65. The fourth-order valence-electron chi connectivity index (χ4n) is 2.19. The standard InChI is InChI=1S/C15H13N3O2S/c1-20-13-8-10(6-7-16-13)9-18-14(19)11-4-2-3-5-12(11)17-15(18)21/h2-8H,9H2,1H3,(H,17,21). The quantitative estimate of drug-likeness (QED) is 0.755. The van der Waals surface area contributed by atoms with Crippen molar-refractivity contribution in [1.29, 1.82) is 0 Å². The van der Waals surface area contributed by atoms with Gasteiger partial charge in [0.15, 0.2) is 4.77 Å². The zero-order chi connectivity index (χ0) is 14.8. The van der Waals surface area contributed by atoms with Crippen LogP contribution in [0.25, 0.3) is 10.9 Å². The Hall–Kier alpha value is -2.47. The van der Waals surface area contributed by atoms with Crippen LogP contribution in [0.5, 0.6) is 5.88 Å². The second kappa shape index (κ2) is 5.49. The number of rotatable bonds is 3. The number of benzene rings is 1. The molecule has 106 valence electrons. The Morgan fingerprint density at radius 2 is 2.14 bits per heavy atom. The molecule has 2 aromatic heterocycles. The van der Waals surface area contributed by atoms with Crippen LogP contribution in [-0.2, 0) is 6.54 Å². The summed E-state index contributed by atoms with van der Waals surface area (Å²) >= 11 is 5.29. The Labute approximate surface area is 125 Å². The zero-order valence-corrected chi connectivity index (χ0v) is 12.2. The highest BCUT2D eigenvalue weighted by molar-refractivity contribution is 7.71. The van der Waals surface area contributed by atoms with E-state index in [1.807, 2.05) is 24.3 Å². The van der Waals surface area contributed by atoms with Gasteiger partial charge in [0.25, 0.3) is 5.56 Å². The molecule has 0 saturated carbocycles. The lowest BCUT2D eigenvalue weighted by atomic mass is 10.2. The third-order valence-electron chi connectivity index (χ3n) is 3.24. The normalized spacial score (nSPS) is 10.7. The number of nitrogens with zero attached hydrogens (tertiary/aromatic N) is 2. The first-order valence-electron chi connectivity index (χ1n) is 6.40. The van der Waals surface area contributed by atoms with Gasteiger partial charge in [-0.2, -0.15) is 0 Å². The van der Waals surface area contributed by atoms with Crippen LogP contribution in [0.4, 0.5) is 0 Å². The van der Waals surface area contributed by atoms with E-state index in [4.69, 9.17) is 17.0 Å². The van der Waals surface area contributed by atoms with Crippen molar-refractivity contribution in [3.8, 4) is 5.88 Å². The molecule has 1 N–H and O–H groups in total. The number of methoxy groups -OCH3 is 1. The number of hydrogen-bond donors (Lipinski definition) is 1. The number of H-pyrrole nitrogens is 1. The minimum Gasteiger partial charge on any atom is -0.481 e. The van der Waals surface area contributed by atoms with Crippen molar-refractivity contribution in [2.75, 3.05) is 7.11 Å². The summed E-state index contributed by atoms with van der Waals surface area (Å²) in [6.45, 7) is 0.373. The monoisotopic (exact) mass is 299 g/mol. The third-order valence-corrected chi connectivity index (χ3v) is 3.56. The Morgan fingerprint density at radius 1 is 1.33 bits per heavy atom. The smallest absolute Gasteiger partial charge is 0.262 e. The van der Waals surface area contributed by atoms with Crippen LogP contribution in [0.3, 0.4) is 0 Å². The molecule has 0 spiro atoms. The maximum atomic E-state index is 12.5. The molecule has 3 rings (SSSR count). The highest BCUT2D eigenvalue weighted by Crippen LogP contribution is 2.11. The summed E-state index contributed by atoms with van der Waals surface area (Å²) in [4.78, 5) is 19.7. The molecule has 0 aliphatic carbocycles. The number of ether oxygens (including phenoxy) is 1. The van der Waals surface area contributed by atoms with Crippen molar-refractivity contribution < 1.29 is 4.74 Å². The summed E-state index contributed by atoms with van der Waals surface area (Å²) in [6, 6.07) is 10.9. The number of pyridine rings is 1. The highest BCUT2D eigenvalue weighted by Gasteiger charge is 2.06. The van der Waals surface area contributed by atoms with Crippen molar-refractivity contribution in [3.05, 3.63) is 63.3 Å². The highest BCUT2D eigenvalue weighted by atomic mass is 32.1. The van der Waals surface area contributed by atoms with Crippen molar-refractivity contribution in [3.63, 3.8) is 0 Å². The van der Waals surface area contributed by atoms with Gasteiger partial charge in [0.05, 0.1) is 24.6 Å². The van der Waals surface area contributed by atoms with Gasteiger partial charge in [0.2, 0.25) is 5.88 Å². The lowest BCUT2D eigenvalue weighted by Gasteiger charge is -2.08. The molecule has 21 heavy (non-hydrogen) atoms. The van der Waals surface area contributed by atoms with Crippen molar-refractivity contribution in [1.82, 2.24) is 14.5 Å². The van der Waals surface area contributed by atoms with Gasteiger partial charge in [-0.05, 0) is 36.0 Å². The number of fused-ring (bicyclic) bond motifs is 1. The molecular weight excluding hydrogens is 286 g/mol. The molecule has 0 atom stereocenters. The van der Waals surface area contributed by atoms with E-state index < -0.39 is 0 Å². The maximum Gasteiger partial charge on any atom is 0.262 e.